The van der Waals surface area contributed by atoms with Crippen molar-refractivity contribution in [3.8, 4) is 0 Å². The molecule has 0 aromatic carbocycles. The molecule has 2 heteroatoms. The van der Waals surface area contributed by atoms with Gasteiger partial charge in [0.05, 0.1) is 32.3 Å². The fourth-order valence-corrected chi connectivity index (χ4v) is 5.96. The lowest BCUT2D eigenvalue weighted by Gasteiger charge is -2.45. The third kappa shape index (κ3) is 3.69. The molecule has 2 nitrogen and oxygen atoms in total. The highest BCUT2D eigenvalue weighted by atomic mass is 16.5. The first kappa shape index (κ1) is 16.1. The molecule has 2 heterocycles. The van der Waals surface area contributed by atoms with Crippen molar-refractivity contribution in [2.45, 2.75) is 70.8 Å². The number of likely N-dealkylation sites (tertiary alicyclic amines) is 1. The molecule has 23 heavy (non-hydrogen) atoms. The Morgan fingerprint density at radius 3 is 2.87 bits per heavy atom. The Balaban J connectivity index is 1.36. The van der Waals surface area contributed by atoms with E-state index in [1.165, 1.54) is 77.4 Å². The second-order valence-corrected chi connectivity index (χ2v) is 9.00. The van der Waals surface area contributed by atoms with E-state index in [0.717, 1.165) is 30.3 Å². The van der Waals surface area contributed by atoms with E-state index in [1.807, 2.05) is 4.90 Å². The number of allylic oxidation sites excluding steroid dienone is 1. The molecule has 0 spiro atoms. The SMILES string of the molecule is CC1=CCC2COC(C3CCC[NH+](CC4CCCCC4)C3)C1C2. The van der Waals surface area contributed by atoms with Crippen LogP contribution in [-0.2, 0) is 4.74 Å². The van der Waals surface area contributed by atoms with Gasteiger partial charge in [-0.1, -0.05) is 30.9 Å². The van der Waals surface area contributed by atoms with E-state index in [-0.39, 0.29) is 0 Å². The molecule has 2 bridgehead atoms. The summed E-state index contributed by atoms with van der Waals surface area (Å²) in [6.45, 7) is 7.64. The van der Waals surface area contributed by atoms with Crippen molar-refractivity contribution in [2.24, 2.45) is 23.7 Å². The lowest BCUT2D eigenvalue weighted by atomic mass is 9.72. The van der Waals surface area contributed by atoms with Gasteiger partial charge in [0.2, 0.25) is 0 Å². The van der Waals surface area contributed by atoms with E-state index in [1.54, 1.807) is 5.57 Å². The minimum absolute atomic E-state index is 0.532. The first-order valence-electron chi connectivity index (χ1n) is 10.4. The molecule has 0 amide bonds. The van der Waals surface area contributed by atoms with Crippen LogP contribution in [0.2, 0.25) is 0 Å². The first-order valence-corrected chi connectivity index (χ1v) is 10.4. The van der Waals surface area contributed by atoms with E-state index in [9.17, 15) is 0 Å². The highest BCUT2D eigenvalue weighted by Crippen LogP contribution is 2.40. The Labute approximate surface area is 142 Å². The average Bonchev–Trinajstić information content (AvgIpc) is 2.60. The molecule has 2 aliphatic carbocycles. The van der Waals surface area contributed by atoms with E-state index in [2.05, 4.69) is 13.0 Å². The van der Waals surface area contributed by atoms with Gasteiger partial charge in [0.15, 0.2) is 0 Å². The van der Waals surface area contributed by atoms with Gasteiger partial charge in [0.1, 0.15) is 0 Å². The second-order valence-electron chi connectivity index (χ2n) is 9.00. The number of hydrogen-bond donors (Lipinski definition) is 1. The summed E-state index contributed by atoms with van der Waals surface area (Å²) >= 11 is 0. The average molecular weight is 319 g/mol. The summed E-state index contributed by atoms with van der Waals surface area (Å²) in [5, 5.41) is 0. The highest BCUT2D eigenvalue weighted by molar-refractivity contribution is 5.13. The highest BCUT2D eigenvalue weighted by Gasteiger charge is 2.41. The van der Waals surface area contributed by atoms with Crippen LogP contribution in [0.5, 0.6) is 0 Å². The molecular formula is C21H36NO+. The van der Waals surface area contributed by atoms with Gasteiger partial charge in [-0.15, -0.1) is 0 Å². The van der Waals surface area contributed by atoms with Gasteiger partial charge in [-0.25, -0.2) is 0 Å². The Kier molecular flexibility index (Phi) is 5.10. The Morgan fingerprint density at radius 2 is 2.00 bits per heavy atom. The first-order chi connectivity index (χ1) is 11.3. The molecule has 2 aliphatic heterocycles. The molecule has 130 valence electrons. The van der Waals surface area contributed by atoms with E-state index >= 15 is 0 Å². The lowest BCUT2D eigenvalue weighted by molar-refractivity contribution is -0.913. The van der Waals surface area contributed by atoms with E-state index in [0.29, 0.717) is 6.10 Å². The minimum atomic E-state index is 0.532. The number of quaternary nitrogens is 1. The summed E-state index contributed by atoms with van der Waals surface area (Å²) in [5.41, 5.74) is 1.63. The largest absolute Gasteiger partial charge is 0.377 e. The molecular weight excluding hydrogens is 282 g/mol. The van der Waals surface area contributed by atoms with Gasteiger partial charge >= 0.3 is 0 Å². The summed E-state index contributed by atoms with van der Waals surface area (Å²) in [6, 6.07) is 0. The van der Waals surface area contributed by atoms with Crippen LogP contribution < -0.4 is 4.90 Å². The fraction of sp³-hybridized carbons (Fsp3) is 0.905. The number of fused-ring (bicyclic) bond motifs is 2. The molecule has 3 fully saturated rings. The van der Waals surface area contributed by atoms with Gasteiger partial charge < -0.3 is 9.64 Å². The minimum Gasteiger partial charge on any atom is -0.377 e. The van der Waals surface area contributed by atoms with Crippen molar-refractivity contribution in [1.29, 1.82) is 0 Å². The maximum Gasteiger partial charge on any atom is 0.0825 e. The fourth-order valence-electron chi connectivity index (χ4n) is 5.96. The number of hydrogen-bond acceptors (Lipinski definition) is 1. The quantitative estimate of drug-likeness (QED) is 0.789. The van der Waals surface area contributed by atoms with Gasteiger partial charge in [0, 0.05) is 17.8 Å². The molecule has 1 saturated carbocycles. The van der Waals surface area contributed by atoms with Crippen LogP contribution in [0.15, 0.2) is 11.6 Å². The Bertz CT molecular complexity index is 426. The van der Waals surface area contributed by atoms with E-state index in [4.69, 9.17) is 4.74 Å². The zero-order valence-corrected chi connectivity index (χ0v) is 15.1. The summed E-state index contributed by atoms with van der Waals surface area (Å²) in [6.07, 6.45) is 16.0. The third-order valence-electron chi connectivity index (χ3n) is 7.29. The molecule has 0 aromatic heterocycles. The van der Waals surface area contributed by atoms with Crippen molar-refractivity contribution in [3.63, 3.8) is 0 Å². The molecule has 2 saturated heterocycles. The van der Waals surface area contributed by atoms with Crippen molar-refractivity contribution < 1.29 is 9.64 Å². The van der Waals surface area contributed by atoms with Gasteiger partial charge in [-0.05, 0) is 51.4 Å². The van der Waals surface area contributed by atoms with Crippen molar-refractivity contribution >= 4 is 0 Å². The Morgan fingerprint density at radius 1 is 1.13 bits per heavy atom. The van der Waals surface area contributed by atoms with Crippen molar-refractivity contribution in [3.05, 3.63) is 11.6 Å². The topological polar surface area (TPSA) is 13.7 Å². The van der Waals surface area contributed by atoms with Gasteiger partial charge in [-0.3, -0.25) is 0 Å². The van der Waals surface area contributed by atoms with Gasteiger partial charge in [-0.2, -0.15) is 0 Å². The van der Waals surface area contributed by atoms with Crippen molar-refractivity contribution in [1.82, 2.24) is 0 Å². The second kappa shape index (κ2) is 7.27. The van der Waals surface area contributed by atoms with Crippen LogP contribution in [-0.4, -0.2) is 32.3 Å². The third-order valence-corrected chi connectivity index (χ3v) is 7.29. The standard InChI is InChI=1S/C21H35NO/c1-16-9-10-18-12-20(16)21(23-15-18)19-8-5-11-22(14-19)13-17-6-3-2-4-7-17/h9,17-21H,2-8,10-15H2,1H3/p+1. The zero-order chi connectivity index (χ0) is 15.6. The molecule has 4 aliphatic rings. The smallest absolute Gasteiger partial charge is 0.0825 e. The van der Waals surface area contributed by atoms with Crippen LogP contribution in [0.1, 0.15) is 64.7 Å². The maximum absolute atomic E-state index is 6.44. The Hall–Kier alpha value is -0.340. The van der Waals surface area contributed by atoms with Crippen LogP contribution >= 0.6 is 0 Å². The monoisotopic (exact) mass is 318 g/mol. The normalized spacial score (nSPS) is 42.3. The molecule has 5 unspecified atom stereocenters. The summed E-state index contributed by atoms with van der Waals surface area (Å²) < 4.78 is 6.44. The van der Waals surface area contributed by atoms with Crippen LogP contribution in [0.4, 0.5) is 0 Å². The number of nitrogens with one attached hydrogen (secondary N) is 1. The van der Waals surface area contributed by atoms with Crippen LogP contribution in [0, 0.1) is 23.7 Å². The number of piperidine rings is 1. The zero-order valence-electron chi connectivity index (χ0n) is 15.1. The lowest BCUT2D eigenvalue weighted by Crippen LogP contribution is -3.14. The molecule has 0 radical (unpaired) electrons. The predicted molar refractivity (Wildman–Crippen MR) is 94.6 cm³/mol. The predicted octanol–water partition coefficient (Wildman–Crippen LogP) is 3.23. The number of ether oxygens (including phenoxy) is 1. The molecule has 1 N–H and O–H groups in total. The van der Waals surface area contributed by atoms with E-state index < -0.39 is 0 Å². The van der Waals surface area contributed by atoms with Crippen LogP contribution in [0.25, 0.3) is 0 Å². The van der Waals surface area contributed by atoms with Gasteiger partial charge in [0.25, 0.3) is 0 Å². The number of rotatable bonds is 3. The summed E-state index contributed by atoms with van der Waals surface area (Å²) in [4.78, 5) is 1.90. The van der Waals surface area contributed by atoms with Crippen LogP contribution in [0.3, 0.4) is 0 Å². The summed E-state index contributed by atoms with van der Waals surface area (Å²) in [5.74, 6) is 3.39. The maximum atomic E-state index is 6.44. The molecule has 4 rings (SSSR count). The summed E-state index contributed by atoms with van der Waals surface area (Å²) in [7, 11) is 0. The molecule has 5 atom stereocenters. The van der Waals surface area contributed by atoms with Crippen molar-refractivity contribution in [2.75, 3.05) is 26.2 Å². The molecule has 0 aromatic rings.